The summed E-state index contributed by atoms with van der Waals surface area (Å²) in [7, 11) is 0. The molecule has 134 valence electrons. The molecule has 1 aromatic heterocycles. The van der Waals surface area contributed by atoms with Crippen molar-refractivity contribution < 1.29 is 9.59 Å². The van der Waals surface area contributed by atoms with E-state index in [0.29, 0.717) is 13.0 Å². The molecule has 1 heterocycles. The van der Waals surface area contributed by atoms with E-state index in [2.05, 4.69) is 20.6 Å². The summed E-state index contributed by atoms with van der Waals surface area (Å²) in [5.41, 5.74) is 3.64. The predicted molar refractivity (Wildman–Crippen MR) is 102 cm³/mol. The number of nitrogens with zero attached hydrogens (tertiary/aromatic N) is 1. The smallest absolute Gasteiger partial charge is 0.224 e. The summed E-state index contributed by atoms with van der Waals surface area (Å²) >= 11 is 0. The molecule has 3 rings (SSSR count). The highest BCUT2D eigenvalue weighted by Crippen LogP contribution is 2.11. The first-order chi connectivity index (χ1) is 12.6. The average molecular weight is 350 g/mol. The summed E-state index contributed by atoms with van der Waals surface area (Å²) in [6.45, 7) is 2.08. The summed E-state index contributed by atoms with van der Waals surface area (Å²) in [5.74, 6) is 0.816. The minimum atomic E-state index is -0.111. The number of benzene rings is 2. The number of aromatic amines is 1. The normalized spacial score (nSPS) is 10.7. The molecule has 0 aliphatic rings. The number of carbonyl (C=O) groups is 2. The monoisotopic (exact) mass is 350 g/mol. The molecule has 0 saturated heterocycles. The van der Waals surface area contributed by atoms with E-state index in [9.17, 15) is 9.59 Å². The number of nitrogens with one attached hydrogen (secondary N) is 3. The topological polar surface area (TPSA) is 86.9 Å². The molecule has 0 bridgehead atoms. The fraction of sp³-hybridized carbons (Fsp3) is 0.250. The minimum Gasteiger partial charge on any atom is -0.356 e. The van der Waals surface area contributed by atoms with Crippen LogP contribution in [0.25, 0.3) is 11.0 Å². The van der Waals surface area contributed by atoms with Gasteiger partial charge in [-0.2, -0.15) is 0 Å². The minimum absolute atomic E-state index is 0.0121. The van der Waals surface area contributed by atoms with Gasteiger partial charge in [-0.25, -0.2) is 4.98 Å². The number of aryl methyl sites for hydroxylation is 1. The number of hydrogen-bond donors (Lipinski definition) is 3. The van der Waals surface area contributed by atoms with Gasteiger partial charge in [0.1, 0.15) is 5.82 Å². The molecule has 2 amide bonds. The van der Waals surface area contributed by atoms with E-state index in [-0.39, 0.29) is 11.8 Å². The van der Waals surface area contributed by atoms with Gasteiger partial charge in [0.15, 0.2) is 0 Å². The molecule has 3 N–H and O–H groups in total. The molecule has 26 heavy (non-hydrogen) atoms. The van der Waals surface area contributed by atoms with Crippen LogP contribution in [0.1, 0.15) is 24.7 Å². The van der Waals surface area contributed by atoms with Gasteiger partial charge in [-0.1, -0.05) is 24.3 Å². The van der Waals surface area contributed by atoms with E-state index in [0.717, 1.165) is 41.0 Å². The van der Waals surface area contributed by atoms with E-state index < -0.39 is 0 Å². The van der Waals surface area contributed by atoms with E-state index in [1.54, 1.807) is 12.1 Å². The third kappa shape index (κ3) is 4.92. The summed E-state index contributed by atoms with van der Waals surface area (Å²) in [4.78, 5) is 30.8. The third-order valence-electron chi connectivity index (χ3n) is 3.99. The molecule has 0 atom stereocenters. The Balaban J connectivity index is 1.40. The van der Waals surface area contributed by atoms with Gasteiger partial charge in [0.25, 0.3) is 0 Å². The molecule has 0 fully saturated rings. The van der Waals surface area contributed by atoms with Gasteiger partial charge in [-0.05, 0) is 36.2 Å². The van der Waals surface area contributed by atoms with Gasteiger partial charge in [-0.3, -0.25) is 9.59 Å². The lowest BCUT2D eigenvalue weighted by Gasteiger charge is -2.06. The number of rotatable bonds is 7. The Morgan fingerprint density at radius 2 is 1.85 bits per heavy atom. The number of amides is 2. The van der Waals surface area contributed by atoms with E-state index >= 15 is 0 Å². The SMILES string of the molecule is CC(=O)Nc1ccc(CC(=O)NCCCc2nc3ccccc3[nH]2)cc1. The van der Waals surface area contributed by atoms with Crippen LogP contribution in [0.2, 0.25) is 0 Å². The van der Waals surface area contributed by atoms with Crippen LogP contribution in [0.5, 0.6) is 0 Å². The van der Waals surface area contributed by atoms with Gasteiger partial charge < -0.3 is 15.6 Å². The van der Waals surface area contributed by atoms with Crippen LogP contribution >= 0.6 is 0 Å². The number of fused-ring (bicyclic) bond motifs is 1. The highest BCUT2D eigenvalue weighted by molar-refractivity contribution is 5.88. The van der Waals surface area contributed by atoms with Crippen LogP contribution in [-0.4, -0.2) is 28.3 Å². The van der Waals surface area contributed by atoms with Crippen molar-refractivity contribution in [3.63, 3.8) is 0 Å². The predicted octanol–water partition coefficient (Wildman–Crippen LogP) is 2.81. The Hall–Kier alpha value is -3.15. The molecule has 6 heteroatoms. The van der Waals surface area contributed by atoms with Crippen LogP contribution in [-0.2, 0) is 22.4 Å². The second-order valence-electron chi connectivity index (χ2n) is 6.21. The Morgan fingerprint density at radius 3 is 2.58 bits per heavy atom. The van der Waals surface area contributed by atoms with Gasteiger partial charge in [0.2, 0.25) is 11.8 Å². The molecule has 0 aliphatic heterocycles. The van der Waals surface area contributed by atoms with E-state index in [1.165, 1.54) is 6.92 Å². The van der Waals surface area contributed by atoms with E-state index in [1.807, 2.05) is 36.4 Å². The van der Waals surface area contributed by atoms with Crippen molar-refractivity contribution in [1.82, 2.24) is 15.3 Å². The molecule has 6 nitrogen and oxygen atoms in total. The Morgan fingerprint density at radius 1 is 1.08 bits per heavy atom. The lowest BCUT2D eigenvalue weighted by Crippen LogP contribution is -2.26. The number of carbonyl (C=O) groups excluding carboxylic acids is 2. The third-order valence-corrected chi connectivity index (χ3v) is 3.99. The molecular formula is C20H22N4O2. The Labute approximate surface area is 152 Å². The maximum atomic E-state index is 12.0. The zero-order chi connectivity index (χ0) is 18.4. The summed E-state index contributed by atoms with van der Waals surface area (Å²) in [6.07, 6.45) is 1.94. The number of anilines is 1. The summed E-state index contributed by atoms with van der Waals surface area (Å²) < 4.78 is 0. The van der Waals surface area contributed by atoms with Crippen molar-refractivity contribution in [1.29, 1.82) is 0 Å². The lowest BCUT2D eigenvalue weighted by atomic mass is 10.1. The first kappa shape index (κ1) is 17.7. The fourth-order valence-corrected chi connectivity index (χ4v) is 2.76. The maximum absolute atomic E-state index is 12.0. The zero-order valence-corrected chi connectivity index (χ0v) is 14.7. The second kappa shape index (κ2) is 8.29. The van der Waals surface area contributed by atoms with Crippen molar-refractivity contribution in [2.24, 2.45) is 0 Å². The van der Waals surface area contributed by atoms with Crippen LogP contribution in [0.3, 0.4) is 0 Å². The second-order valence-corrected chi connectivity index (χ2v) is 6.21. The van der Waals surface area contributed by atoms with Gasteiger partial charge in [0.05, 0.1) is 17.5 Å². The van der Waals surface area contributed by atoms with Crippen molar-refractivity contribution in [3.8, 4) is 0 Å². The average Bonchev–Trinajstić information content (AvgIpc) is 3.03. The number of hydrogen-bond acceptors (Lipinski definition) is 3. The fourth-order valence-electron chi connectivity index (χ4n) is 2.76. The van der Waals surface area contributed by atoms with Gasteiger partial charge >= 0.3 is 0 Å². The number of aromatic nitrogens is 2. The van der Waals surface area contributed by atoms with E-state index in [4.69, 9.17) is 0 Å². The lowest BCUT2D eigenvalue weighted by molar-refractivity contribution is -0.120. The summed E-state index contributed by atoms with van der Waals surface area (Å²) in [6, 6.07) is 15.2. The molecule has 0 saturated carbocycles. The highest BCUT2D eigenvalue weighted by atomic mass is 16.2. The number of H-pyrrole nitrogens is 1. The van der Waals surface area contributed by atoms with Crippen LogP contribution in [0.15, 0.2) is 48.5 Å². The van der Waals surface area contributed by atoms with Gasteiger partial charge in [0, 0.05) is 25.6 Å². The molecule has 0 radical (unpaired) electrons. The number of imidazole rings is 1. The van der Waals surface area contributed by atoms with Crippen molar-refractivity contribution in [3.05, 3.63) is 59.9 Å². The van der Waals surface area contributed by atoms with Crippen molar-refractivity contribution in [2.45, 2.75) is 26.2 Å². The first-order valence-electron chi connectivity index (χ1n) is 8.67. The first-order valence-corrected chi connectivity index (χ1v) is 8.67. The Kier molecular flexibility index (Phi) is 5.63. The standard InChI is InChI=1S/C20H22N4O2/c1-14(25)22-16-10-8-15(9-11-16)13-20(26)21-12-4-7-19-23-17-5-2-3-6-18(17)24-19/h2-3,5-6,8-11H,4,7,12-13H2,1H3,(H,21,26)(H,22,25)(H,23,24). The molecular weight excluding hydrogens is 328 g/mol. The van der Waals surface area contributed by atoms with Crippen LogP contribution in [0.4, 0.5) is 5.69 Å². The number of para-hydroxylation sites is 2. The molecule has 3 aromatic rings. The highest BCUT2D eigenvalue weighted by Gasteiger charge is 2.05. The maximum Gasteiger partial charge on any atom is 0.224 e. The zero-order valence-electron chi connectivity index (χ0n) is 14.7. The van der Waals surface area contributed by atoms with Crippen molar-refractivity contribution >= 4 is 28.5 Å². The van der Waals surface area contributed by atoms with Crippen LogP contribution < -0.4 is 10.6 Å². The Bertz CT molecular complexity index is 867. The summed E-state index contributed by atoms with van der Waals surface area (Å²) in [5, 5.41) is 5.64. The van der Waals surface area contributed by atoms with Crippen LogP contribution in [0, 0.1) is 0 Å². The van der Waals surface area contributed by atoms with Crippen molar-refractivity contribution in [2.75, 3.05) is 11.9 Å². The molecule has 2 aromatic carbocycles. The van der Waals surface area contributed by atoms with Gasteiger partial charge in [-0.15, -0.1) is 0 Å². The molecule has 0 spiro atoms. The molecule has 0 aliphatic carbocycles. The molecule has 0 unspecified atom stereocenters. The quantitative estimate of drug-likeness (QED) is 0.573. The largest absolute Gasteiger partial charge is 0.356 e.